The molecule has 0 spiro atoms. The van der Waals surface area contributed by atoms with Gasteiger partial charge in [0.1, 0.15) is 5.65 Å². The highest BCUT2D eigenvalue weighted by Gasteiger charge is 2.36. The van der Waals surface area contributed by atoms with Gasteiger partial charge in [0.15, 0.2) is 0 Å². The molecule has 0 aliphatic carbocycles. The summed E-state index contributed by atoms with van der Waals surface area (Å²) in [7, 11) is 1.65. The zero-order valence-corrected chi connectivity index (χ0v) is 23.4. The predicted octanol–water partition coefficient (Wildman–Crippen LogP) is 7.87. The van der Waals surface area contributed by atoms with E-state index >= 15 is 0 Å². The average molecular weight is 562 g/mol. The summed E-state index contributed by atoms with van der Waals surface area (Å²) in [5.41, 5.74) is 3.59. The SMILES string of the molecule is CCCC(C)CCNc1ccc(C2CC(=O)N(C)C=C2c2cc(-c3cnc4[nH]ccc4c3)ccn2)cc1C(F)(F)F. The number of alkyl halides is 3. The molecule has 4 heterocycles. The van der Waals surface area contributed by atoms with Crippen molar-refractivity contribution in [3.05, 3.63) is 84.1 Å². The third kappa shape index (κ3) is 6.29. The summed E-state index contributed by atoms with van der Waals surface area (Å²) in [6.45, 7) is 4.68. The van der Waals surface area contributed by atoms with E-state index in [9.17, 15) is 18.0 Å². The number of carbonyl (C=O) groups is 1. The predicted molar refractivity (Wildman–Crippen MR) is 156 cm³/mol. The van der Waals surface area contributed by atoms with Crippen molar-refractivity contribution in [2.75, 3.05) is 18.9 Å². The number of halogens is 3. The van der Waals surface area contributed by atoms with Crippen molar-refractivity contribution in [3.63, 3.8) is 0 Å². The number of aromatic amines is 1. The number of amides is 1. The van der Waals surface area contributed by atoms with Crippen LogP contribution in [0.5, 0.6) is 0 Å². The average Bonchev–Trinajstić information content (AvgIpc) is 3.42. The molecule has 6 nitrogen and oxygen atoms in total. The number of aromatic nitrogens is 3. The second-order valence-electron chi connectivity index (χ2n) is 10.8. The summed E-state index contributed by atoms with van der Waals surface area (Å²) in [6.07, 6.45) is 5.33. The zero-order chi connectivity index (χ0) is 29.1. The van der Waals surface area contributed by atoms with E-state index in [1.165, 1.54) is 17.0 Å². The number of H-pyrrole nitrogens is 1. The van der Waals surface area contributed by atoms with Crippen LogP contribution in [0, 0.1) is 5.92 Å². The van der Waals surface area contributed by atoms with Crippen LogP contribution in [0.2, 0.25) is 0 Å². The van der Waals surface area contributed by atoms with Crippen LogP contribution in [-0.2, 0) is 11.0 Å². The summed E-state index contributed by atoms with van der Waals surface area (Å²) >= 11 is 0. The molecular weight excluding hydrogens is 527 g/mol. The van der Waals surface area contributed by atoms with Crippen molar-refractivity contribution in [2.45, 2.75) is 51.6 Å². The molecule has 0 saturated carbocycles. The summed E-state index contributed by atoms with van der Waals surface area (Å²) in [4.78, 5) is 26.4. The van der Waals surface area contributed by atoms with Gasteiger partial charge in [-0.1, -0.05) is 32.8 Å². The molecule has 214 valence electrons. The fraction of sp³-hybridized carbons (Fsp3) is 0.344. The minimum atomic E-state index is -4.55. The van der Waals surface area contributed by atoms with Gasteiger partial charge in [-0.05, 0) is 59.9 Å². The largest absolute Gasteiger partial charge is 0.418 e. The molecule has 4 aromatic rings. The Hall–Kier alpha value is -4.14. The number of carbonyl (C=O) groups excluding carboxylic acids is 1. The van der Waals surface area contributed by atoms with E-state index < -0.39 is 17.7 Å². The van der Waals surface area contributed by atoms with Gasteiger partial charge >= 0.3 is 6.18 Å². The Morgan fingerprint density at radius 1 is 1.10 bits per heavy atom. The van der Waals surface area contributed by atoms with Gasteiger partial charge in [-0.15, -0.1) is 0 Å². The van der Waals surface area contributed by atoms with E-state index in [0.29, 0.717) is 29.3 Å². The first-order valence-corrected chi connectivity index (χ1v) is 14.0. The van der Waals surface area contributed by atoms with Gasteiger partial charge in [-0.3, -0.25) is 9.78 Å². The first-order valence-electron chi connectivity index (χ1n) is 14.0. The van der Waals surface area contributed by atoms with Crippen LogP contribution < -0.4 is 5.32 Å². The van der Waals surface area contributed by atoms with Crippen molar-refractivity contribution >= 4 is 28.2 Å². The molecule has 0 radical (unpaired) electrons. The van der Waals surface area contributed by atoms with Crippen molar-refractivity contribution in [3.8, 4) is 11.1 Å². The zero-order valence-electron chi connectivity index (χ0n) is 23.4. The maximum absolute atomic E-state index is 14.2. The molecule has 2 unspecified atom stereocenters. The van der Waals surface area contributed by atoms with Crippen LogP contribution in [0.1, 0.15) is 62.3 Å². The van der Waals surface area contributed by atoms with Crippen LogP contribution >= 0.6 is 0 Å². The Labute approximate surface area is 237 Å². The summed E-state index contributed by atoms with van der Waals surface area (Å²) < 4.78 is 42.7. The Morgan fingerprint density at radius 3 is 2.71 bits per heavy atom. The lowest BCUT2D eigenvalue weighted by Crippen LogP contribution is -2.29. The Balaban J connectivity index is 1.48. The Bertz CT molecular complexity index is 1580. The maximum atomic E-state index is 14.2. The fourth-order valence-corrected chi connectivity index (χ4v) is 5.46. The molecule has 0 bridgehead atoms. The number of hydrogen-bond donors (Lipinski definition) is 2. The Kier molecular flexibility index (Phi) is 8.15. The number of benzene rings is 1. The van der Waals surface area contributed by atoms with Crippen molar-refractivity contribution in [1.82, 2.24) is 19.9 Å². The Morgan fingerprint density at radius 2 is 1.93 bits per heavy atom. The van der Waals surface area contributed by atoms with Crippen molar-refractivity contribution in [1.29, 1.82) is 0 Å². The minimum absolute atomic E-state index is 0.0453. The van der Waals surface area contributed by atoms with E-state index in [4.69, 9.17) is 0 Å². The lowest BCUT2D eigenvalue weighted by Gasteiger charge is -2.30. The molecular formula is C32H34F3N5O. The number of pyridine rings is 2. The number of nitrogens with zero attached hydrogens (tertiary/aromatic N) is 3. The minimum Gasteiger partial charge on any atom is -0.385 e. The quantitative estimate of drug-likeness (QED) is 0.218. The lowest BCUT2D eigenvalue weighted by atomic mass is 9.83. The van der Waals surface area contributed by atoms with E-state index in [1.807, 2.05) is 30.5 Å². The summed E-state index contributed by atoms with van der Waals surface area (Å²) in [6, 6.07) is 12.1. The fourth-order valence-electron chi connectivity index (χ4n) is 5.46. The van der Waals surface area contributed by atoms with Crippen LogP contribution in [0.3, 0.4) is 0 Å². The molecule has 1 aromatic carbocycles. The number of rotatable bonds is 9. The first-order chi connectivity index (χ1) is 19.6. The second kappa shape index (κ2) is 11.8. The van der Waals surface area contributed by atoms with Gasteiger partial charge in [-0.25, -0.2) is 4.98 Å². The molecule has 1 aliphatic rings. The van der Waals surface area contributed by atoms with Gasteiger partial charge in [-0.2, -0.15) is 13.2 Å². The number of allylic oxidation sites excluding steroid dienone is 1. The maximum Gasteiger partial charge on any atom is 0.418 e. The van der Waals surface area contributed by atoms with Gasteiger partial charge in [0.05, 0.1) is 11.3 Å². The second-order valence-corrected chi connectivity index (χ2v) is 10.8. The highest BCUT2D eigenvalue weighted by Crippen LogP contribution is 2.42. The first kappa shape index (κ1) is 28.4. The summed E-state index contributed by atoms with van der Waals surface area (Å²) in [5.74, 6) is -0.313. The molecule has 41 heavy (non-hydrogen) atoms. The number of hydrogen-bond acceptors (Lipinski definition) is 4. The summed E-state index contributed by atoms with van der Waals surface area (Å²) in [5, 5.41) is 3.97. The van der Waals surface area contributed by atoms with Crippen molar-refractivity contribution in [2.24, 2.45) is 5.92 Å². The molecule has 2 N–H and O–H groups in total. The van der Waals surface area contributed by atoms with Gasteiger partial charge in [0, 0.05) is 72.9 Å². The highest BCUT2D eigenvalue weighted by atomic mass is 19.4. The van der Waals surface area contributed by atoms with Gasteiger partial charge in [0.25, 0.3) is 0 Å². The van der Waals surface area contributed by atoms with E-state index in [-0.39, 0.29) is 18.0 Å². The van der Waals surface area contributed by atoms with Gasteiger partial charge < -0.3 is 15.2 Å². The van der Waals surface area contributed by atoms with E-state index in [2.05, 4.69) is 34.1 Å². The number of nitrogens with one attached hydrogen (secondary N) is 2. The molecule has 5 rings (SSSR count). The molecule has 3 aromatic heterocycles. The van der Waals surface area contributed by atoms with Gasteiger partial charge in [0.2, 0.25) is 5.91 Å². The smallest absolute Gasteiger partial charge is 0.385 e. The molecule has 9 heteroatoms. The van der Waals surface area contributed by atoms with Crippen LogP contribution in [0.15, 0.2) is 67.3 Å². The van der Waals surface area contributed by atoms with Crippen molar-refractivity contribution < 1.29 is 18.0 Å². The highest BCUT2D eigenvalue weighted by molar-refractivity contribution is 5.88. The van der Waals surface area contributed by atoms with Crippen LogP contribution in [-0.4, -0.2) is 39.4 Å². The van der Waals surface area contributed by atoms with Crippen LogP contribution in [0.4, 0.5) is 18.9 Å². The molecule has 1 aliphatic heterocycles. The van der Waals surface area contributed by atoms with E-state index in [1.54, 1.807) is 31.7 Å². The normalized spacial score (nSPS) is 16.6. The number of fused-ring (bicyclic) bond motifs is 1. The molecule has 2 atom stereocenters. The van der Waals surface area contributed by atoms with Crippen LogP contribution in [0.25, 0.3) is 27.7 Å². The molecule has 0 saturated heterocycles. The topological polar surface area (TPSA) is 73.9 Å². The third-order valence-corrected chi connectivity index (χ3v) is 7.75. The van der Waals surface area contributed by atoms with E-state index in [0.717, 1.165) is 41.4 Å². The molecule has 0 fully saturated rings. The molecule has 1 amide bonds. The third-order valence-electron chi connectivity index (χ3n) is 7.75. The lowest BCUT2D eigenvalue weighted by molar-refractivity contribution is -0.137. The standard InChI is InChI=1S/C32H34F3N5O/c1-4-5-20(2)8-11-36-28-7-6-22(15-27(28)32(33,34)35)25-17-30(41)40(3)19-26(25)29-16-21(9-12-37-29)24-14-23-10-13-38-31(23)39-18-24/h6-7,9-10,12-16,18-20,25,36H,4-5,8,11,17H2,1-3H3,(H,38,39). The monoisotopic (exact) mass is 561 g/mol. The number of anilines is 1.